The molecule has 2 amide bonds. The van der Waals surface area contributed by atoms with Crippen LogP contribution < -0.4 is 15.4 Å². The highest BCUT2D eigenvalue weighted by atomic mass is 79.9. The number of halogens is 2. The minimum absolute atomic E-state index is 0.253. The van der Waals surface area contributed by atoms with Crippen molar-refractivity contribution in [2.24, 2.45) is 0 Å². The molecule has 0 aliphatic rings. The third kappa shape index (κ3) is 8.10. The fourth-order valence-corrected chi connectivity index (χ4v) is 4.96. The van der Waals surface area contributed by atoms with E-state index in [0.29, 0.717) is 11.4 Å². The van der Waals surface area contributed by atoms with Gasteiger partial charge in [-0.05, 0) is 81.6 Å². The summed E-state index contributed by atoms with van der Waals surface area (Å²) in [5, 5.41) is 5.65. The molecule has 1 atom stereocenters. The number of carbonyl (C=O) groups excluding carboxylic acids is 2. The van der Waals surface area contributed by atoms with Crippen molar-refractivity contribution in [3.05, 3.63) is 86.3 Å². The molecule has 0 saturated carbocycles. The molecule has 8 heteroatoms. The fraction of sp³-hybridized carbons (Fsp3) is 0.286. The minimum Gasteiger partial charge on any atom is -0.455 e. The van der Waals surface area contributed by atoms with Gasteiger partial charge >= 0.3 is 6.09 Å². The number of ether oxygens (including phenoxy) is 2. The predicted molar refractivity (Wildman–Crippen MR) is 150 cm³/mol. The van der Waals surface area contributed by atoms with Crippen LogP contribution in [0, 0.1) is 13.8 Å². The number of hydrogen-bond donors (Lipinski definition) is 2. The van der Waals surface area contributed by atoms with Gasteiger partial charge in [0.05, 0.1) is 5.69 Å². The van der Waals surface area contributed by atoms with E-state index in [2.05, 4.69) is 42.5 Å². The van der Waals surface area contributed by atoms with E-state index < -0.39 is 23.6 Å². The highest BCUT2D eigenvalue weighted by molar-refractivity contribution is 9.11. The Balaban J connectivity index is 1.86. The van der Waals surface area contributed by atoms with E-state index in [4.69, 9.17) is 9.47 Å². The monoisotopic (exact) mass is 616 g/mol. The molecule has 0 bridgehead atoms. The summed E-state index contributed by atoms with van der Waals surface area (Å²) < 4.78 is 13.3. The summed E-state index contributed by atoms with van der Waals surface area (Å²) in [6.07, 6.45) is -0.417. The van der Waals surface area contributed by atoms with Crippen LogP contribution in [0.25, 0.3) is 0 Å². The van der Waals surface area contributed by atoms with Crippen LogP contribution in [0.5, 0.6) is 11.5 Å². The lowest BCUT2D eigenvalue weighted by molar-refractivity contribution is -0.118. The first-order valence-corrected chi connectivity index (χ1v) is 13.1. The molecular weight excluding hydrogens is 588 g/mol. The van der Waals surface area contributed by atoms with Crippen molar-refractivity contribution >= 4 is 49.5 Å². The van der Waals surface area contributed by atoms with Gasteiger partial charge in [-0.1, -0.05) is 62.2 Å². The lowest BCUT2D eigenvalue weighted by atomic mass is 10.1. The number of hydrogen-bond acceptors (Lipinski definition) is 4. The molecule has 0 aliphatic heterocycles. The maximum absolute atomic E-state index is 13.5. The van der Waals surface area contributed by atoms with Gasteiger partial charge in [0.1, 0.15) is 17.4 Å². The zero-order valence-corrected chi connectivity index (χ0v) is 24.1. The summed E-state index contributed by atoms with van der Waals surface area (Å²) in [5.41, 5.74) is 2.63. The van der Waals surface area contributed by atoms with Crippen LogP contribution in [-0.2, 0) is 16.0 Å². The summed E-state index contributed by atoms with van der Waals surface area (Å²) >= 11 is 6.96. The van der Waals surface area contributed by atoms with Crippen LogP contribution in [0.15, 0.2) is 69.6 Å². The number of amides is 2. The Labute approximate surface area is 229 Å². The van der Waals surface area contributed by atoms with Crippen LogP contribution in [-0.4, -0.2) is 23.6 Å². The molecule has 3 rings (SSSR count). The third-order valence-corrected chi connectivity index (χ3v) is 6.05. The SMILES string of the molecule is Cc1cccc(C)c1Oc1ccccc1NC(=O)C(Cc1cc(Br)cc(Br)c1)NC(=O)OC(C)(C)C. The quantitative estimate of drug-likeness (QED) is 0.285. The second kappa shape index (κ2) is 11.9. The van der Waals surface area contributed by atoms with Gasteiger partial charge in [-0.15, -0.1) is 0 Å². The van der Waals surface area contributed by atoms with Crippen LogP contribution in [0.4, 0.5) is 10.5 Å². The van der Waals surface area contributed by atoms with Crippen LogP contribution in [0.2, 0.25) is 0 Å². The number of carbonyl (C=O) groups is 2. The molecule has 0 fully saturated rings. The third-order valence-electron chi connectivity index (χ3n) is 5.14. The number of para-hydroxylation sites is 3. The van der Waals surface area contributed by atoms with E-state index in [0.717, 1.165) is 31.4 Å². The Morgan fingerprint density at radius 3 is 2.14 bits per heavy atom. The molecule has 0 heterocycles. The smallest absolute Gasteiger partial charge is 0.408 e. The molecule has 1 unspecified atom stereocenters. The number of alkyl carbamates (subject to hydrolysis) is 1. The molecule has 190 valence electrons. The average Bonchev–Trinajstić information content (AvgIpc) is 2.75. The van der Waals surface area contributed by atoms with Gasteiger partial charge < -0.3 is 20.1 Å². The molecular formula is C28H30Br2N2O4. The number of anilines is 1. The minimum atomic E-state index is -0.894. The maximum Gasteiger partial charge on any atom is 0.408 e. The molecule has 6 nitrogen and oxygen atoms in total. The Bertz CT molecular complexity index is 1210. The maximum atomic E-state index is 13.5. The van der Waals surface area contributed by atoms with Crippen molar-refractivity contribution in [1.29, 1.82) is 0 Å². The van der Waals surface area contributed by atoms with Crippen molar-refractivity contribution in [2.75, 3.05) is 5.32 Å². The summed E-state index contributed by atoms with van der Waals surface area (Å²) in [6.45, 7) is 9.26. The van der Waals surface area contributed by atoms with E-state index in [1.54, 1.807) is 32.9 Å². The molecule has 0 aliphatic carbocycles. The molecule has 2 N–H and O–H groups in total. The average molecular weight is 618 g/mol. The summed E-state index contributed by atoms with van der Waals surface area (Å²) in [5.74, 6) is 0.848. The first-order valence-electron chi connectivity index (χ1n) is 11.5. The molecule has 3 aromatic rings. The van der Waals surface area contributed by atoms with Gasteiger partial charge in [0.15, 0.2) is 5.75 Å². The van der Waals surface area contributed by atoms with Crippen LogP contribution >= 0.6 is 31.9 Å². The van der Waals surface area contributed by atoms with E-state index in [-0.39, 0.29) is 6.42 Å². The van der Waals surface area contributed by atoms with Gasteiger partial charge in [0, 0.05) is 15.4 Å². The highest BCUT2D eigenvalue weighted by Crippen LogP contribution is 2.33. The largest absolute Gasteiger partial charge is 0.455 e. The van der Waals surface area contributed by atoms with Crippen LogP contribution in [0.3, 0.4) is 0 Å². The fourth-order valence-electron chi connectivity index (χ4n) is 3.57. The molecule has 0 aromatic heterocycles. The molecule has 0 radical (unpaired) electrons. The topological polar surface area (TPSA) is 76.7 Å². The number of aryl methyl sites for hydroxylation is 2. The molecule has 3 aromatic carbocycles. The molecule has 0 saturated heterocycles. The predicted octanol–water partition coefficient (Wildman–Crippen LogP) is 7.70. The van der Waals surface area contributed by atoms with E-state index in [1.807, 2.05) is 62.4 Å². The highest BCUT2D eigenvalue weighted by Gasteiger charge is 2.26. The lowest BCUT2D eigenvalue weighted by Crippen LogP contribution is -2.47. The zero-order chi connectivity index (χ0) is 26.5. The Kier molecular flexibility index (Phi) is 9.19. The Morgan fingerprint density at radius 2 is 1.53 bits per heavy atom. The van der Waals surface area contributed by atoms with E-state index >= 15 is 0 Å². The first kappa shape index (κ1) is 27.7. The van der Waals surface area contributed by atoms with Crippen molar-refractivity contribution < 1.29 is 19.1 Å². The molecule has 36 heavy (non-hydrogen) atoms. The van der Waals surface area contributed by atoms with Gasteiger partial charge in [0.2, 0.25) is 5.91 Å². The second-order valence-corrected chi connectivity index (χ2v) is 11.3. The van der Waals surface area contributed by atoms with Crippen LogP contribution in [0.1, 0.15) is 37.5 Å². The van der Waals surface area contributed by atoms with Crippen molar-refractivity contribution in [1.82, 2.24) is 5.32 Å². The normalized spacial score (nSPS) is 12.0. The Morgan fingerprint density at radius 1 is 0.917 bits per heavy atom. The van der Waals surface area contributed by atoms with Crippen molar-refractivity contribution in [3.63, 3.8) is 0 Å². The van der Waals surface area contributed by atoms with Gasteiger partial charge in [-0.3, -0.25) is 4.79 Å². The molecule has 0 spiro atoms. The van der Waals surface area contributed by atoms with E-state index in [1.165, 1.54) is 0 Å². The number of benzene rings is 3. The zero-order valence-electron chi connectivity index (χ0n) is 20.9. The summed E-state index contributed by atoms with van der Waals surface area (Å²) in [6, 6.07) is 17.9. The van der Waals surface area contributed by atoms with Gasteiger partial charge in [-0.25, -0.2) is 4.79 Å². The van der Waals surface area contributed by atoms with Gasteiger partial charge in [-0.2, -0.15) is 0 Å². The lowest BCUT2D eigenvalue weighted by Gasteiger charge is -2.24. The number of nitrogens with one attached hydrogen (secondary N) is 2. The van der Waals surface area contributed by atoms with Gasteiger partial charge in [0.25, 0.3) is 0 Å². The van der Waals surface area contributed by atoms with Crippen molar-refractivity contribution in [2.45, 2.75) is 52.7 Å². The second-order valence-electron chi connectivity index (χ2n) is 9.49. The van der Waals surface area contributed by atoms with Crippen molar-refractivity contribution in [3.8, 4) is 11.5 Å². The summed E-state index contributed by atoms with van der Waals surface area (Å²) in [7, 11) is 0. The first-order chi connectivity index (χ1) is 16.9. The standard InChI is InChI=1S/C28H30Br2N2O4/c1-17-9-8-10-18(2)25(17)35-24-12-7-6-11-22(24)31-26(33)23(32-27(34)36-28(3,4)5)15-19-13-20(29)16-21(30)14-19/h6-14,16,23H,15H2,1-5H3,(H,31,33)(H,32,34). The van der Waals surface area contributed by atoms with E-state index in [9.17, 15) is 9.59 Å². The summed E-state index contributed by atoms with van der Waals surface area (Å²) in [4.78, 5) is 26.0. The number of rotatable bonds is 7. The Hall–Kier alpha value is -2.84.